The first-order chi connectivity index (χ1) is 5.24. The predicted molar refractivity (Wildman–Crippen MR) is 40.1 cm³/mol. The van der Waals surface area contributed by atoms with Gasteiger partial charge in [0.1, 0.15) is 6.61 Å². The van der Waals surface area contributed by atoms with Crippen molar-refractivity contribution in [3.8, 4) is 0 Å². The zero-order valence-corrected chi connectivity index (χ0v) is 6.63. The molecule has 11 heavy (non-hydrogen) atoms. The maximum absolute atomic E-state index is 10.9. The highest BCUT2D eigenvalue weighted by Gasteiger charge is 2.18. The molecule has 1 fully saturated rings. The summed E-state index contributed by atoms with van der Waals surface area (Å²) in [5, 5.41) is 0. The van der Waals surface area contributed by atoms with Crippen molar-refractivity contribution in [1.29, 1.82) is 0 Å². The summed E-state index contributed by atoms with van der Waals surface area (Å²) in [5.41, 5.74) is 0.404. The van der Waals surface area contributed by atoms with Gasteiger partial charge in [0.15, 0.2) is 0 Å². The molecule has 1 aliphatic rings. The monoisotopic (exact) mass is 156 g/mol. The molecule has 0 spiro atoms. The SMILES string of the molecule is C=C1COC(CC)COC1=O. The third-order valence-electron chi connectivity index (χ3n) is 1.64. The summed E-state index contributed by atoms with van der Waals surface area (Å²) in [7, 11) is 0. The van der Waals surface area contributed by atoms with Gasteiger partial charge in [-0.15, -0.1) is 0 Å². The fourth-order valence-corrected chi connectivity index (χ4v) is 0.832. The highest BCUT2D eigenvalue weighted by atomic mass is 16.6. The average Bonchev–Trinajstić information content (AvgIpc) is 2.16. The number of cyclic esters (lactones) is 1. The first-order valence-electron chi connectivity index (χ1n) is 3.70. The third-order valence-corrected chi connectivity index (χ3v) is 1.64. The van der Waals surface area contributed by atoms with E-state index in [1.165, 1.54) is 0 Å². The predicted octanol–water partition coefficient (Wildman–Crippen LogP) is 0.895. The Morgan fingerprint density at radius 2 is 2.45 bits per heavy atom. The summed E-state index contributed by atoms with van der Waals surface area (Å²) in [5.74, 6) is -0.332. The molecule has 0 aromatic rings. The normalized spacial score (nSPS) is 26.1. The van der Waals surface area contributed by atoms with Crippen LogP contribution in [0, 0.1) is 0 Å². The number of esters is 1. The van der Waals surface area contributed by atoms with Crippen LogP contribution in [-0.2, 0) is 14.3 Å². The molecule has 0 saturated carbocycles. The second-order valence-corrected chi connectivity index (χ2v) is 2.54. The van der Waals surface area contributed by atoms with Crippen molar-refractivity contribution in [2.45, 2.75) is 19.4 Å². The largest absolute Gasteiger partial charge is 0.460 e. The van der Waals surface area contributed by atoms with E-state index in [0.717, 1.165) is 6.42 Å². The molecule has 1 aliphatic heterocycles. The lowest BCUT2D eigenvalue weighted by Crippen LogP contribution is -2.16. The van der Waals surface area contributed by atoms with Crippen LogP contribution in [0.1, 0.15) is 13.3 Å². The Balaban J connectivity index is 2.51. The minimum Gasteiger partial charge on any atom is -0.460 e. The zero-order chi connectivity index (χ0) is 8.27. The molecule has 1 heterocycles. The van der Waals surface area contributed by atoms with Crippen molar-refractivity contribution in [3.05, 3.63) is 12.2 Å². The van der Waals surface area contributed by atoms with E-state index in [-0.39, 0.29) is 12.1 Å². The Kier molecular flexibility index (Phi) is 2.65. The van der Waals surface area contributed by atoms with Crippen LogP contribution in [0.2, 0.25) is 0 Å². The van der Waals surface area contributed by atoms with E-state index in [9.17, 15) is 4.79 Å². The summed E-state index contributed by atoms with van der Waals surface area (Å²) in [4.78, 5) is 10.9. The summed E-state index contributed by atoms with van der Waals surface area (Å²) < 4.78 is 10.1. The minimum atomic E-state index is -0.332. The molecule has 0 bridgehead atoms. The van der Waals surface area contributed by atoms with E-state index in [4.69, 9.17) is 9.47 Å². The van der Waals surface area contributed by atoms with E-state index in [0.29, 0.717) is 18.8 Å². The first kappa shape index (κ1) is 8.27. The van der Waals surface area contributed by atoms with Crippen LogP contribution in [0.15, 0.2) is 12.2 Å². The number of hydrogen-bond acceptors (Lipinski definition) is 3. The lowest BCUT2D eigenvalue weighted by molar-refractivity contribution is -0.139. The molecule has 3 heteroatoms. The van der Waals surface area contributed by atoms with E-state index in [2.05, 4.69) is 6.58 Å². The van der Waals surface area contributed by atoms with Crippen molar-refractivity contribution in [2.75, 3.05) is 13.2 Å². The van der Waals surface area contributed by atoms with Crippen LogP contribution < -0.4 is 0 Å². The van der Waals surface area contributed by atoms with Crippen molar-refractivity contribution in [2.24, 2.45) is 0 Å². The van der Waals surface area contributed by atoms with Gasteiger partial charge in [-0.1, -0.05) is 13.5 Å². The van der Waals surface area contributed by atoms with E-state index >= 15 is 0 Å². The average molecular weight is 156 g/mol. The van der Waals surface area contributed by atoms with Crippen LogP contribution in [0.25, 0.3) is 0 Å². The highest BCUT2D eigenvalue weighted by molar-refractivity contribution is 5.88. The van der Waals surface area contributed by atoms with Crippen LogP contribution in [0.3, 0.4) is 0 Å². The molecule has 0 aromatic heterocycles. The van der Waals surface area contributed by atoms with Crippen molar-refractivity contribution in [1.82, 2.24) is 0 Å². The fraction of sp³-hybridized carbons (Fsp3) is 0.625. The maximum atomic E-state index is 10.9. The lowest BCUT2D eigenvalue weighted by Gasteiger charge is -2.09. The molecule has 1 unspecified atom stereocenters. The smallest absolute Gasteiger partial charge is 0.335 e. The molecular weight excluding hydrogens is 144 g/mol. The minimum absolute atomic E-state index is 0.0400. The van der Waals surface area contributed by atoms with Gasteiger partial charge in [-0.2, -0.15) is 0 Å². The van der Waals surface area contributed by atoms with E-state index < -0.39 is 0 Å². The van der Waals surface area contributed by atoms with Gasteiger partial charge in [-0.05, 0) is 6.42 Å². The Bertz CT molecular complexity index is 156. The summed E-state index contributed by atoms with van der Waals surface area (Å²) in [6.07, 6.45) is 0.902. The van der Waals surface area contributed by atoms with E-state index in [1.807, 2.05) is 6.92 Å². The Labute approximate surface area is 66.0 Å². The van der Waals surface area contributed by atoms with Gasteiger partial charge in [0.25, 0.3) is 0 Å². The molecule has 3 nitrogen and oxygen atoms in total. The summed E-state index contributed by atoms with van der Waals surface area (Å²) in [6.45, 7) is 6.18. The molecule has 1 rings (SSSR count). The second kappa shape index (κ2) is 3.53. The maximum Gasteiger partial charge on any atom is 0.335 e. The number of hydrogen-bond donors (Lipinski definition) is 0. The number of ether oxygens (including phenoxy) is 2. The number of rotatable bonds is 1. The Morgan fingerprint density at radius 3 is 3.09 bits per heavy atom. The summed E-state index contributed by atoms with van der Waals surface area (Å²) >= 11 is 0. The van der Waals surface area contributed by atoms with Crippen LogP contribution in [0.5, 0.6) is 0 Å². The van der Waals surface area contributed by atoms with E-state index in [1.54, 1.807) is 0 Å². The molecule has 0 N–H and O–H groups in total. The van der Waals surface area contributed by atoms with Crippen LogP contribution in [-0.4, -0.2) is 25.3 Å². The van der Waals surface area contributed by atoms with Gasteiger partial charge >= 0.3 is 5.97 Å². The fourth-order valence-electron chi connectivity index (χ4n) is 0.832. The molecular formula is C8H12O3. The topological polar surface area (TPSA) is 35.5 Å². The van der Waals surface area contributed by atoms with Crippen molar-refractivity contribution >= 4 is 5.97 Å². The van der Waals surface area contributed by atoms with Gasteiger partial charge < -0.3 is 9.47 Å². The molecule has 0 aliphatic carbocycles. The van der Waals surface area contributed by atoms with Gasteiger partial charge in [-0.3, -0.25) is 0 Å². The third kappa shape index (κ3) is 2.05. The molecule has 0 radical (unpaired) electrons. The van der Waals surface area contributed by atoms with Crippen LogP contribution in [0.4, 0.5) is 0 Å². The molecule has 1 atom stereocenters. The van der Waals surface area contributed by atoms with Gasteiger partial charge in [0.2, 0.25) is 0 Å². The van der Waals surface area contributed by atoms with Crippen molar-refractivity contribution in [3.63, 3.8) is 0 Å². The van der Waals surface area contributed by atoms with Gasteiger partial charge in [-0.25, -0.2) is 4.79 Å². The number of carbonyl (C=O) groups is 1. The lowest BCUT2D eigenvalue weighted by atomic mass is 10.3. The zero-order valence-electron chi connectivity index (χ0n) is 6.63. The molecule has 0 amide bonds. The van der Waals surface area contributed by atoms with Gasteiger partial charge in [0, 0.05) is 0 Å². The molecule has 62 valence electrons. The second-order valence-electron chi connectivity index (χ2n) is 2.54. The Hall–Kier alpha value is -0.830. The van der Waals surface area contributed by atoms with Crippen molar-refractivity contribution < 1.29 is 14.3 Å². The Morgan fingerprint density at radius 1 is 1.73 bits per heavy atom. The quantitative estimate of drug-likeness (QED) is 0.418. The molecule has 0 aromatic carbocycles. The van der Waals surface area contributed by atoms with Gasteiger partial charge in [0.05, 0.1) is 18.3 Å². The highest BCUT2D eigenvalue weighted by Crippen LogP contribution is 2.08. The first-order valence-corrected chi connectivity index (χ1v) is 3.70. The standard InChI is InChI=1S/C8H12O3/c1-3-7-5-11-8(9)6(2)4-10-7/h7H,2-5H2,1H3. The molecule has 1 saturated heterocycles. The number of carbonyl (C=O) groups excluding carboxylic acids is 1. The van der Waals surface area contributed by atoms with Crippen LogP contribution >= 0.6 is 0 Å². The summed E-state index contributed by atoms with van der Waals surface area (Å²) in [6, 6.07) is 0.